The number of imidazole rings is 1. The summed E-state index contributed by atoms with van der Waals surface area (Å²) < 4.78 is 2.21. The summed E-state index contributed by atoms with van der Waals surface area (Å²) in [5.41, 5.74) is 7.24. The molecule has 16 heavy (non-hydrogen) atoms. The molecule has 0 bridgehead atoms. The van der Waals surface area contributed by atoms with E-state index in [4.69, 9.17) is 5.73 Å². The van der Waals surface area contributed by atoms with E-state index in [0.29, 0.717) is 12.0 Å². The summed E-state index contributed by atoms with van der Waals surface area (Å²) in [6.45, 7) is 6.40. The zero-order chi connectivity index (χ0) is 11.6. The summed E-state index contributed by atoms with van der Waals surface area (Å²) in [5, 5.41) is 0. The number of hydrogen-bond acceptors (Lipinski definition) is 3. The minimum absolute atomic E-state index is 0.400. The van der Waals surface area contributed by atoms with Crippen molar-refractivity contribution in [2.45, 2.75) is 32.9 Å². The molecule has 90 valence electrons. The van der Waals surface area contributed by atoms with E-state index in [9.17, 15) is 0 Å². The highest BCUT2D eigenvalue weighted by Crippen LogP contribution is 2.32. The van der Waals surface area contributed by atoms with Crippen molar-refractivity contribution in [2.75, 3.05) is 20.1 Å². The average Bonchev–Trinajstić information content (AvgIpc) is 2.70. The minimum Gasteiger partial charge on any atom is -0.333 e. The molecule has 0 saturated carbocycles. The van der Waals surface area contributed by atoms with Crippen LogP contribution in [-0.2, 0) is 13.1 Å². The van der Waals surface area contributed by atoms with Gasteiger partial charge in [-0.15, -0.1) is 0 Å². The van der Waals surface area contributed by atoms with Crippen molar-refractivity contribution in [3.05, 3.63) is 18.2 Å². The zero-order valence-electron chi connectivity index (χ0n) is 10.3. The number of nitrogens with zero attached hydrogens (tertiary/aromatic N) is 3. The normalized spacial score (nSPS) is 21.2. The Bertz CT molecular complexity index is 337. The maximum absolute atomic E-state index is 5.70. The van der Waals surface area contributed by atoms with E-state index in [0.717, 1.165) is 12.2 Å². The summed E-state index contributed by atoms with van der Waals surface area (Å²) in [5.74, 6) is 0. The van der Waals surface area contributed by atoms with Crippen molar-refractivity contribution in [1.29, 1.82) is 0 Å². The van der Waals surface area contributed by atoms with Gasteiger partial charge in [0.05, 0.1) is 12.0 Å². The Hall–Kier alpha value is -0.870. The SMILES string of the molecule is CN1CCC(C)(Cn2cncc2CN)CC1. The molecule has 0 aliphatic carbocycles. The molecule has 1 saturated heterocycles. The molecule has 0 spiro atoms. The minimum atomic E-state index is 0.400. The first-order chi connectivity index (χ1) is 7.63. The number of hydrogen-bond donors (Lipinski definition) is 1. The second kappa shape index (κ2) is 4.55. The van der Waals surface area contributed by atoms with Crippen LogP contribution in [0, 0.1) is 5.41 Å². The molecule has 1 aromatic heterocycles. The van der Waals surface area contributed by atoms with E-state index >= 15 is 0 Å². The molecule has 0 radical (unpaired) electrons. The van der Waals surface area contributed by atoms with Crippen LogP contribution in [0.1, 0.15) is 25.5 Å². The van der Waals surface area contributed by atoms with Crippen LogP contribution in [0.3, 0.4) is 0 Å². The Balaban J connectivity index is 2.03. The summed E-state index contributed by atoms with van der Waals surface area (Å²) in [6, 6.07) is 0. The maximum Gasteiger partial charge on any atom is 0.0948 e. The van der Waals surface area contributed by atoms with Gasteiger partial charge in [0, 0.05) is 19.3 Å². The molecular formula is C12H22N4. The van der Waals surface area contributed by atoms with Crippen LogP contribution in [0.5, 0.6) is 0 Å². The highest BCUT2D eigenvalue weighted by atomic mass is 15.1. The lowest BCUT2D eigenvalue weighted by Crippen LogP contribution is -2.38. The Morgan fingerprint density at radius 3 is 2.75 bits per heavy atom. The van der Waals surface area contributed by atoms with Gasteiger partial charge in [-0.05, 0) is 38.4 Å². The van der Waals surface area contributed by atoms with Gasteiger partial charge in [0.2, 0.25) is 0 Å². The monoisotopic (exact) mass is 222 g/mol. The van der Waals surface area contributed by atoms with Gasteiger partial charge in [-0.3, -0.25) is 0 Å². The lowest BCUT2D eigenvalue weighted by molar-refractivity contribution is 0.120. The molecule has 2 rings (SSSR count). The topological polar surface area (TPSA) is 47.1 Å². The summed E-state index contributed by atoms with van der Waals surface area (Å²) in [4.78, 5) is 6.58. The van der Waals surface area contributed by atoms with Gasteiger partial charge in [-0.1, -0.05) is 6.92 Å². The van der Waals surface area contributed by atoms with Gasteiger partial charge in [0.1, 0.15) is 0 Å². The highest BCUT2D eigenvalue weighted by molar-refractivity contribution is 4.99. The fourth-order valence-electron chi connectivity index (χ4n) is 2.39. The summed E-state index contributed by atoms with van der Waals surface area (Å²) in [7, 11) is 2.20. The zero-order valence-corrected chi connectivity index (χ0v) is 10.3. The van der Waals surface area contributed by atoms with E-state index < -0.39 is 0 Å². The molecule has 4 nitrogen and oxygen atoms in total. The van der Waals surface area contributed by atoms with Crippen molar-refractivity contribution < 1.29 is 0 Å². The smallest absolute Gasteiger partial charge is 0.0948 e. The van der Waals surface area contributed by atoms with Crippen LogP contribution in [0.25, 0.3) is 0 Å². The first kappa shape index (κ1) is 11.6. The quantitative estimate of drug-likeness (QED) is 0.832. The molecule has 1 aromatic rings. The number of aromatic nitrogens is 2. The largest absolute Gasteiger partial charge is 0.333 e. The van der Waals surface area contributed by atoms with E-state index in [1.165, 1.54) is 25.9 Å². The van der Waals surface area contributed by atoms with E-state index in [1.807, 2.05) is 12.5 Å². The maximum atomic E-state index is 5.70. The van der Waals surface area contributed by atoms with Gasteiger partial charge in [0.25, 0.3) is 0 Å². The van der Waals surface area contributed by atoms with Crippen molar-refractivity contribution in [3.63, 3.8) is 0 Å². The van der Waals surface area contributed by atoms with Crippen LogP contribution in [-0.4, -0.2) is 34.6 Å². The predicted octanol–water partition coefficient (Wildman–Crippen LogP) is 1.07. The van der Waals surface area contributed by atoms with Gasteiger partial charge >= 0.3 is 0 Å². The molecule has 0 atom stereocenters. The standard InChI is InChI=1S/C12H22N4/c1-12(3-5-15(2)6-4-12)9-16-10-14-8-11(16)7-13/h8,10H,3-7,9,13H2,1-2H3. The Labute approximate surface area is 97.4 Å². The molecule has 2 N–H and O–H groups in total. The number of likely N-dealkylation sites (tertiary alicyclic amines) is 1. The lowest BCUT2D eigenvalue weighted by Gasteiger charge is -2.38. The lowest BCUT2D eigenvalue weighted by atomic mass is 9.80. The van der Waals surface area contributed by atoms with Crippen molar-refractivity contribution in [1.82, 2.24) is 14.5 Å². The molecule has 1 fully saturated rings. The van der Waals surface area contributed by atoms with Crippen molar-refractivity contribution in [2.24, 2.45) is 11.1 Å². The third-order valence-electron chi connectivity index (χ3n) is 3.75. The number of nitrogens with two attached hydrogens (primary N) is 1. The van der Waals surface area contributed by atoms with Crippen LogP contribution in [0.2, 0.25) is 0 Å². The molecule has 0 unspecified atom stereocenters. The molecule has 0 aromatic carbocycles. The third kappa shape index (κ3) is 2.44. The predicted molar refractivity (Wildman–Crippen MR) is 65.0 cm³/mol. The summed E-state index contributed by atoms with van der Waals surface area (Å²) >= 11 is 0. The first-order valence-corrected chi connectivity index (χ1v) is 6.01. The Morgan fingerprint density at radius 2 is 2.12 bits per heavy atom. The van der Waals surface area contributed by atoms with Crippen LogP contribution >= 0.6 is 0 Å². The van der Waals surface area contributed by atoms with E-state index in [2.05, 4.69) is 28.4 Å². The third-order valence-corrected chi connectivity index (χ3v) is 3.75. The van der Waals surface area contributed by atoms with Gasteiger partial charge in [-0.2, -0.15) is 0 Å². The second-order valence-electron chi connectivity index (χ2n) is 5.33. The van der Waals surface area contributed by atoms with Gasteiger partial charge in [0.15, 0.2) is 0 Å². The Morgan fingerprint density at radius 1 is 1.44 bits per heavy atom. The molecule has 0 amide bonds. The Kier molecular flexibility index (Phi) is 3.30. The molecule has 1 aliphatic heterocycles. The fraction of sp³-hybridized carbons (Fsp3) is 0.750. The van der Waals surface area contributed by atoms with Gasteiger partial charge in [-0.25, -0.2) is 4.98 Å². The van der Waals surface area contributed by atoms with Crippen molar-refractivity contribution >= 4 is 0 Å². The number of rotatable bonds is 3. The first-order valence-electron chi connectivity index (χ1n) is 6.01. The average molecular weight is 222 g/mol. The van der Waals surface area contributed by atoms with E-state index in [1.54, 1.807) is 0 Å². The van der Waals surface area contributed by atoms with Gasteiger partial charge < -0.3 is 15.2 Å². The second-order valence-corrected chi connectivity index (χ2v) is 5.33. The number of piperidine rings is 1. The van der Waals surface area contributed by atoms with Crippen LogP contribution < -0.4 is 5.73 Å². The van der Waals surface area contributed by atoms with Crippen LogP contribution in [0.4, 0.5) is 0 Å². The molecule has 1 aliphatic rings. The van der Waals surface area contributed by atoms with E-state index in [-0.39, 0.29) is 0 Å². The van der Waals surface area contributed by atoms with Crippen LogP contribution in [0.15, 0.2) is 12.5 Å². The molecular weight excluding hydrogens is 200 g/mol. The molecule has 2 heterocycles. The van der Waals surface area contributed by atoms with Crippen molar-refractivity contribution in [3.8, 4) is 0 Å². The fourth-order valence-corrected chi connectivity index (χ4v) is 2.39. The highest BCUT2D eigenvalue weighted by Gasteiger charge is 2.29. The summed E-state index contributed by atoms with van der Waals surface area (Å²) in [6.07, 6.45) is 6.29. The molecule has 4 heteroatoms.